The second-order valence-corrected chi connectivity index (χ2v) is 5.05. The van der Waals surface area contributed by atoms with Crippen LogP contribution in [0.15, 0.2) is 35.1 Å². The van der Waals surface area contributed by atoms with Crippen molar-refractivity contribution in [2.24, 2.45) is 0 Å². The van der Waals surface area contributed by atoms with Gasteiger partial charge in [0.25, 0.3) is 0 Å². The second kappa shape index (κ2) is 5.47. The molecule has 90 valence electrons. The number of nitrogens with one attached hydrogen (secondary N) is 2. The van der Waals surface area contributed by atoms with Gasteiger partial charge < -0.3 is 10.3 Å². The zero-order valence-electron chi connectivity index (χ0n) is 10.00. The van der Waals surface area contributed by atoms with Crippen LogP contribution in [-0.4, -0.2) is 9.97 Å². The van der Waals surface area contributed by atoms with Crippen LogP contribution in [-0.2, 0) is 6.54 Å². The van der Waals surface area contributed by atoms with Crippen LogP contribution in [0.4, 0.5) is 0 Å². The average Bonchev–Trinajstić information content (AvgIpc) is 2.72. The SMILES string of the molecule is Cc1[nH]cnc1CN[C@H](C)c1cccc(Br)c1. The van der Waals surface area contributed by atoms with Crippen LogP contribution in [0.2, 0.25) is 0 Å². The Morgan fingerprint density at radius 1 is 1.47 bits per heavy atom. The summed E-state index contributed by atoms with van der Waals surface area (Å²) in [6.45, 7) is 4.97. The number of nitrogens with zero attached hydrogens (tertiary/aromatic N) is 1. The Hall–Kier alpha value is -1.13. The molecule has 1 aromatic carbocycles. The van der Waals surface area contributed by atoms with Crippen molar-refractivity contribution in [3.8, 4) is 0 Å². The number of hydrogen-bond donors (Lipinski definition) is 2. The van der Waals surface area contributed by atoms with Gasteiger partial charge in [0.2, 0.25) is 0 Å². The summed E-state index contributed by atoms with van der Waals surface area (Å²) in [5.41, 5.74) is 3.47. The molecule has 0 saturated heterocycles. The molecule has 0 aliphatic heterocycles. The number of benzene rings is 1. The van der Waals surface area contributed by atoms with E-state index in [9.17, 15) is 0 Å². The fourth-order valence-corrected chi connectivity index (χ4v) is 2.13. The molecular formula is C13H16BrN3. The molecule has 0 saturated carbocycles. The number of H-pyrrole nitrogens is 1. The number of aromatic amines is 1. The molecule has 1 atom stereocenters. The molecule has 1 heterocycles. The quantitative estimate of drug-likeness (QED) is 0.908. The number of imidazole rings is 1. The van der Waals surface area contributed by atoms with Crippen molar-refractivity contribution in [2.45, 2.75) is 26.4 Å². The molecule has 2 rings (SSSR count). The summed E-state index contributed by atoms with van der Waals surface area (Å²) in [7, 11) is 0. The Morgan fingerprint density at radius 3 is 2.94 bits per heavy atom. The van der Waals surface area contributed by atoms with Crippen LogP contribution in [0, 0.1) is 6.92 Å². The lowest BCUT2D eigenvalue weighted by molar-refractivity contribution is 0.567. The van der Waals surface area contributed by atoms with Crippen molar-refractivity contribution in [2.75, 3.05) is 0 Å². The van der Waals surface area contributed by atoms with E-state index in [2.05, 4.69) is 56.3 Å². The van der Waals surface area contributed by atoms with Crippen LogP contribution >= 0.6 is 15.9 Å². The number of hydrogen-bond acceptors (Lipinski definition) is 2. The zero-order chi connectivity index (χ0) is 12.3. The standard InChI is InChI=1S/C13H16BrN3/c1-9(11-4-3-5-12(14)6-11)15-7-13-10(2)16-8-17-13/h3-6,8-9,15H,7H2,1-2H3,(H,16,17)/t9-/m1/s1. The maximum atomic E-state index is 4.27. The smallest absolute Gasteiger partial charge is 0.0925 e. The molecule has 0 amide bonds. The van der Waals surface area contributed by atoms with Crippen LogP contribution in [0.25, 0.3) is 0 Å². The maximum absolute atomic E-state index is 4.27. The van der Waals surface area contributed by atoms with Gasteiger partial charge in [-0.05, 0) is 31.5 Å². The summed E-state index contributed by atoms with van der Waals surface area (Å²) in [5, 5.41) is 3.47. The topological polar surface area (TPSA) is 40.7 Å². The fourth-order valence-electron chi connectivity index (χ4n) is 1.71. The molecule has 0 aliphatic carbocycles. The molecule has 0 aliphatic rings. The predicted molar refractivity (Wildman–Crippen MR) is 72.7 cm³/mol. The van der Waals surface area contributed by atoms with E-state index in [1.165, 1.54) is 5.56 Å². The van der Waals surface area contributed by atoms with E-state index in [4.69, 9.17) is 0 Å². The average molecular weight is 294 g/mol. The Morgan fingerprint density at radius 2 is 2.29 bits per heavy atom. The van der Waals surface area contributed by atoms with Gasteiger partial charge in [0.1, 0.15) is 0 Å². The second-order valence-electron chi connectivity index (χ2n) is 4.13. The number of rotatable bonds is 4. The van der Waals surface area contributed by atoms with E-state index >= 15 is 0 Å². The van der Waals surface area contributed by atoms with Gasteiger partial charge in [-0.15, -0.1) is 0 Å². The van der Waals surface area contributed by atoms with E-state index in [1.807, 2.05) is 13.0 Å². The highest BCUT2D eigenvalue weighted by Crippen LogP contribution is 2.18. The van der Waals surface area contributed by atoms with Crippen LogP contribution in [0.1, 0.15) is 29.9 Å². The first-order chi connectivity index (χ1) is 8.16. The van der Waals surface area contributed by atoms with Crippen molar-refractivity contribution in [1.82, 2.24) is 15.3 Å². The summed E-state index contributed by atoms with van der Waals surface area (Å²) in [4.78, 5) is 7.35. The van der Waals surface area contributed by atoms with E-state index in [0.717, 1.165) is 22.4 Å². The van der Waals surface area contributed by atoms with Gasteiger partial charge in [-0.3, -0.25) is 0 Å². The van der Waals surface area contributed by atoms with Gasteiger partial charge in [0.15, 0.2) is 0 Å². The highest BCUT2D eigenvalue weighted by molar-refractivity contribution is 9.10. The molecule has 2 aromatic rings. The molecule has 1 aromatic heterocycles. The third-order valence-corrected chi connectivity index (χ3v) is 3.35. The summed E-state index contributed by atoms with van der Waals surface area (Å²) < 4.78 is 1.11. The van der Waals surface area contributed by atoms with Crippen LogP contribution < -0.4 is 5.32 Å². The van der Waals surface area contributed by atoms with Gasteiger partial charge in [0.05, 0.1) is 12.0 Å². The Kier molecular flexibility index (Phi) is 3.97. The number of halogens is 1. The summed E-state index contributed by atoms with van der Waals surface area (Å²) in [5.74, 6) is 0. The monoisotopic (exact) mass is 293 g/mol. The van der Waals surface area contributed by atoms with E-state index in [1.54, 1.807) is 6.33 Å². The van der Waals surface area contributed by atoms with Crippen LogP contribution in [0.3, 0.4) is 0 Å². The molecule has 0 unspecified atom stereocenters. The lowest BCUT2D eigenvalue weighted by atomic mass is 10.1. The zero-order valence-corrected chi connectivity index (χ0v) is 11.6. The maximum Gasteiger partial charge on any atom is 0.0925 e. The molecule has 0 radical (unpaired) electrons. The molecule has 3 nitrogen and oxygen atoms in total. The first-order valence-electron chi connectivity index (χ1n) is 5.64. The van der Waals surface area contributed by atoms with Gasteiger partial charge >= 0.3 is 0 Å². The van der Waals surface area contributed by atoms with Crippen molar-refractivity contribution in [3.05, 3.63) is 52.0 Å². The van der Waals surface area contributed by atoms with Gasteiger partial charge in [-0.2, -0.15) is 0 Å². The molecule has 0 bridgehead atoms. The van der Waals surface area contributed by atoms with Crippen LogP contribution in [0.5, 0.6) is 0 Å². The first-order valence-corrected chi connectivity index (χ1v) is 6.44. The van der Waals surface area contributed by atoms with Crippen molar-refractivity contribution < 1.29 is 0 Å². The van der Waals surface area contributed by atoms with Crippen molar-refractivity contribution in [1.29, 1.82) is 0 Å². The minimum atomic E-state index is 0.309. The molecular weight excluding hydrogens is 278 g/mol. The lowest BCUT2D eigenvalue weighted by Crippen LogP contribution is -2.18. The third-order valence-electron chi connectivity index (χ3n) is 2.86. The Bertz CT molecular complexity index is 493. The molecule has 4 heteroatoms. The summed E-state index contributed by atoms with van der Waals surface area (Å²) in [6, 6.07) is 8.66. The third kappa shape index (κ3) is 3.17. The normalized spacial score (nSPS) is 12.6. The largest absolute Gasteiger partial charge is 0.348 e. The summed E-state index contributed by atoms with van der Waals surface area (Å²) in [6.07, 6.45) is 1.73. The van der Waals surface area contributed by atoms with Gasteiger partial charge in [-0.1, -0.05) is 28.1 Å². The molecule has 17 heavy (non-hydrogen) atoms. The molecule has 2 N–H and O–H groups in total. The van der Waals surface area contributed by atoms with Crippen molar-refractivity contribution >= 4 is 15.9 Å². The highest BCUT2D eigenvalue weighted by Gasteiger charge is 2.07. The predicted octanol–water partition coefficient (Wildman–Crippen LogP) is 3.33. The van der Waals surface area contributed by atoms with E-state index < -0.39 is 0 Å². The molecule has 0 fully saturated rings. The minimum Gasteiger partial charge on any atom is -0.348 e. The van der Waals surface area contributed by atoms with E-state index in [-0.39, 0.29) is 0 Å². The molecule has 0 spiro atoms. The Labute approximate surface area is 110 Å². The summed E-state index contributed by atoms with van der Waals surface area (Å²) >= 11 is 3.49. The highest BCUT2D eigenvalue weighted by atomic mass is 79.9. The lowest BCUT2D eigenvalue weighted by Gasteiger charge is -2.14. The van der Waals surface area contributed by atoms with Gasteiger partial charge in [0, 0.05) is 22.8 Å². The van der Waals surface area contributed by atoms with Gasteiger partial charge in [-0.25, -0.2) is 4.98 Å². The Balaban J connectivity index is 1.98. The fraction of sp³-hybridized carbons (Fsp3) is 0.308. The minimum absolute atomic E-state index is 0.309. The first kappa shape index (κ1) is 12.3. The number of aryl methyl sites for hydroxylation is 1. The van der Waals surface area contributed by atoms with Crippen molar-refractivity contribution in [3.63, 3.8) is 0 Å². The van der Waals surface area contributed by atoms with E-state index in [0.29, 0.717) is 6.04 Å². The number of aromatic nitrogens is 2.